The third-order valence-corrected chi connectivity index (χ3v) is 6.00. The lowest BCUT2D eigenvalue weighted by Crippen LogP contribution is -2.14. The van der Waals surface area contributed by atoms with E-state index in [1.165, 1.54) is 0 Å². The van der Waals surface area contributed by atoms with E-state index in [4.69, 9.17) is 18.9 Å². The Morgan fingerprint density at radius 2 is 1.47 bits per heavy atom. The highest BCUT2D eigenvalue weighted by atomic mass is 16.6. The van der Waals surface area contributed by atoms with Gasteiger partial charge < -0.3 is 13.9 Å². The van der Waals surface area contributed by atoms with Gasteiger partial charge in [0.25, 0.3) is 0 Å². The zero-order chi connectivity index (χ0) is 25.6. The summed E-state index contributed by atoms with van der Waals surface area (Å²) in [6.45, 7) is 4.01. The largest absolute Gasteiger partial charge is 0.482 e. The van der Waals surface area contributed by atoms with Gasteiger partial charge in [-0.3, -0.25) is 0 Å². The zero-order valence-electron chi connectivity index (χ0n) is 20.8. The van der Waals surface area contributed by atoms with Crippen LogP contribution >= 0.6 is 0 Å². The molecule has 4 aromatic carbocycles. The Hall–Kier alpha value is -4.64. The fourth-order valence-corrected chi connectivity index (χ4v) is 4.33. The molecule has 0 spiro atoms. The smallest absolute Gasteiger partial charge is 0.344 e. The van der Waals surface area contributed by atoms with E-state index in [1.807, 2.05) is 97.1 Å². The van der Waals surface area contributed by atoms with Crippen molar-refractivity contribution in [3.63, 3.8) is 0 Å². The summed E-state index contributed by atoms with van der Waals surface area (Å²) in [4.78, 5) is 16.8. The van der Waals surface area contributed by atoms with Gasteiger partial charge in [-0.2, -0.15) is 0 Å². The van der Waals surface area contributed by atoms with Crippen LogP contribution in [0.2, 0.25) is 0 Å². The molecule has 0 bridgehead atoms. The molecule has 0 N–H and O–H groups in total. The molecule has 5 heteroatoms. The van der Waals surface area contributed by atoms with Gasteiger partial charge in [0.15, 0.2) is 12.4 Å². The van der Waals surface area contributed by atoms with Crippen molar-refractivity contribution in [1.29, 1.82) is 0 Å². The van der Waals surface area contributed by atoms with E-state index in [2.05, 4.69) is 13.0 Å². The van der Waals surface area contributed by atoms with Gasteiger partial charge >= 0.3 is 5.97 Å². The van der Waals surface area contributed by atoms with Gasteiger partial charge in [-0.15, -0.1) is 0 Å². The van der Waals surface area contributed by atoms with Crippen molar-refractivity contribution >= 4 is 5.97 Å². The Balaban J connectivity index is 0.00000336. The summed E-state index contributed by atoms with van der Waals surface area (Å²) in [5, 5.41) is 0. The molecular formula is C33H31NO4. The van der Waals surface area contributed by atoms with Crippen LogP contribution in [0.25, 0.3) is 45.2 Å². The molecule has 192 valence electrons. The van der Waals surface area contributed by atoms with Gasteiger partial charge in [0.2, 0.25) is 5.89 Å². The number of aryl methyl sites for hydroxylation is 1. The highest BCUT2D eigenvalue weighted by Gasteiger charge is 2.21. The van der Waals surface area contributed by atoms with Crippen molar-refractivity contribution in [3.05, 3.63) is 109 Å². The minimum Gasteiger partial charge on any atom is -0.482 e. The van der Waals surface area contributed by atoms with Crippen LogP contribution in [0, 0.1) is 6.92 Å². The summed E-state index contributed by atoms with van der Waals surface area (Å²) in [5.41, 5.74) is 6.62. The van der Waals surface area contributed by atoms with Crippen molar-refractivity contribution in [2.45, 2.75) is 21.3 Å². The lowest BCUT2D eigenvalue weighted by atomic mass is 9.95. The summed E-state index contributed by atoms with van der Waals surface area (Å²) < 4.78 is 17.2. The lowest BCUT2D eigenvalue weighted by molar-refractivity contribution is -0.145. The molecule has 1 aromatic heterocycles. The SMILES string of the molecule is C.CCOC(=O)COc1cccc(-c2c(C)cccc2-c2nc(-c3ccccc3)c(-c3ccccc3)o2)c1. The molecule has 5 nitrogen and oxygen atoms in total. The van der Waals surface area contributed by atoms with Gasteiger partial charge in [-0.1, -0.05) is 92.4 Å². The Morgan fingerprint density at radius 3 is 2.18 bits per heavy atom. The van der Waals surface area contributed by atoms with Gasteiger partial charge in [0.05, 0.1) is 6.61 Å². The number of hydrogen-bond acceptors (Lipinski definition) is 5. The number of oxazole rings is 1. The zero-order valence-corrected chi connectivity index (χ0v) is 20.8. The van der Waals surface area contributed by atoms with E-state index in [0.717, 1.165) is 44.8 Å². The molecule has 38 heavy (non-hydrogen) atoms. The van der Waals surface area contributed by atoms with E-state index in [-0.39, 0.29) is 14.0 Å². The molecule has 0 unspecified atom stereocenters. The maximum atomic E-state index is 11.8. The molecule has 0 aliphatic rings. The number of esters is 1. The van der Waals surface area contributed by atoms with Gasteiger partial charge in [-0.25, -0.2) is 9.78 Å². The van der Waals surface area contributed by atoms with Crippen LogP contribution in [0.1, 0.15) is 19.9 Å². The van der Waals surface area contributed by atoms with Crippen molar-refractivity contribution in [3.8, 4) is 50.9 Å². The molecule has 0 saturated heterocycles. The van der Waals surface area contributed by atoms with Crippen molar-refractivity contribution in [2.24, 2.45) is 0 Å². The Bertz CT molecular complexity index is 1450. The summed E-state index contributed by atoms with van der Waals surface area (Å²) in [6, 6.07) is 33.8. The maximum Gasteiger partial charge on any atom is 0.344 e. The maximum absolute atomic E-state index is 11.8. The third-order valence-electron chi connectivity index (χ3n) is 6.00. The van der Waals surface area contributed by atoms with Crippen molar-refractivity contribution in [2.75, 3.05) is 13.2 Å². The fraction of sp³-hybridized carbons (Fsp3) is 0.152. The number of carbonyl (C=O) groups excluding carboxylic acids is 1. The Kier molecular flexibility index (Phi) is 8.39. The van der Waals surface area contributed by atoms with Crippen LogP contribution in [-0.4, -0.2) is 24.2 Å². The number of aromatic nitrogens is 1. The molecule has 5 rings (SSSR count). The van der Waals surface area contributed by atoms with E-state index < -0.39 is 5.97 Å². The molecule has 0 radical (unpaired) electrons. The van der Waals surface area contributed by atoms with Crippen LogP contribution in [0.5, 0.6) is 5.75 Å². The molecule has 0 fully saturated rings. The highest BCUT2D eigenvalue weighted by molar-refractivity contribution is 5.86. The first-order valence-electron chi connectivity index (χ1n) is 12.2. The molecule has 1 heterocycles. The molecule has 0 saturated carbocycles. The first-order valence-corrected chi connectivity index (χ1v) is 12.2. The second-order valence-corrected chi connectivity index (χ2v) is 8.55. The number of carbonyl (C=O) groups is 1. The average Bonchev–Trinajstić information content (AvgIpc) is 3.39. The topological polar surface area (TPSA) is 61.6 Å². The van der Waals surface area contributed by atoms with E-state index in [1.54, 1.807) is 6.92 Å². The molecule has 0 amide bonds. The van der Waals surface area contributed by atoms with Crippen LogP contribution in [0.3, 0.4) is 0 Å². The molecular weight excluding hydrogens is 474 g/mol. The Labute approximate surface area is 223 Å². The first-order chi connectivity index (χ1) is 18.1. The number of benzene rings is 4. The molecule has 0 aliphatic heterocycles. The predicted molar refractivity (Wildman–Crippen MR) is 152 cm³/mol. The van der Waals surface area contributed by atoms with E-state index in [0.29, 0.717) is 18.2 Å². The van der Waals surface area contributed by atoms with Crippen LogP contribution in [-0.2, 0) is 9.53 Å². The van der Waals surface area contributed by atoms with Gasteiger partial charge in [-0.05, 0) is 48.7 Å². The fourth-order valence-electron chi connectivity index (χ4n) is 4.33. The average molecular weight is 506 g/mol. The van der Waals surface area contributed by atoms with Gasteiger partial charge in [0, 0.05) is 16.7 Å². The Morgan fingerprint density at radius 1 is 0.816 bits per heavy atom. The quantitative estimate of drug-likeness (QED) is 0.199. The minimum atomic E-state index is -0.397. The standard InChI is InChI=1S/C32H27NO4.CH4/c1-3-35-28(34)21-36-26-18-11-17-25(20-26)29-22(2)12-10-19-27(29)32-33-30(23-13-6-4-7-14-23)31(37-32)24-15-8-5-9-16-24;/h4-20H,3,21H2,1-2H3;1H4. The second kappa shape index (κ2) is 12.1. The normalized spacial score (nSPS) is 10.5. The number of ether oxygens (including phenoxy) is 2. The summed E-state index contributed by atoms with van der Waals surface area (Å²) in [5.74, 6) is 1.45. The monoisotopic (exact) mass is 505 g/mol. The number of rotatable bonds is 8. The van der Waals surface area contributed by atoms with Crippen LogP contribution < -0.4 is 4.74 Å². The van der Waals surface area contributed by atoms with Crippen LogP contribution in [0.15, 0.2) is 108 Å². The molecule has 0 atom stereocenters. The summed E-state index contributed by atoms with van der Waals surface area (Å²) in [6.07, 6.45) is 0. The third kappa shape index (κ3) is 5.68. The lowest BCUT2D eigenvalue weighted by Gasteiger charge is -2.13. The van der Waals surface area contributed by atoms with Gasteiger partial charge in [0.1, 0.15) is 11.4 Å². The van der Waals surface area contributed by atoms with E-state index >= 15 is 0 Å². The first kappa shape index (κ1) is 26.4. The molecule has 0 aliphatic carbocycles. The molecule has 5 aromatic rings. The minimum absolute atomic E-state index is 0. The second-order valence-electron chi connectivity index (χ2n) is 8.55. The van der Waals surface area contributed by atoms with Crippen molar-refractivity contribution in [1.82, 2.24) is 4.98 Å². The summed E-state index contributed by atoms with van der Waals surface area (Å²) in [7, 11) is 0. The summed E-state index contributed by atoms with van der Waals surface area (Å²) >= 11 is 0. The van der Waals surface area contributed by atoms with Crippen molar-refractivity contribution < 1.29 is 18.7 Å². The highest BCUT2D eigenvalue weighted by Crippen LogP contribution is 2.40. The number of nitrogens with zero attached hydrogens (tertiary/aromatic N) is 1. The predicted octanol–water partition coefficient (Wildman–Crippen LogP) is 8.23. The van der Waals surface area contributed by atoms with E-state index in [9.17, 15) is 4.79 Å². The number of hydrogen-bond donors (Lipinski definition) is 0. The van der Waals surface area contributed by atoms with Crippen LogP contribution in [0.4, 0.5) is 0 Å².